The van der Waals surface area contributed by atoms with Gasteiger partial charge in [-0.3, -0.25) is 4.79 Å². The molecule has 0 bridgehead atoms. The first-order valence-corrected chi connectivity index (χ1v) is 8.85. The zero-order chi connectivity index (χ0) is 18.0. The van der Waals surface area contributed by atoms with E-state index in [1.165, 1.54) is 0 Å². The van der Waals surface area contributed by atoms with Gasteiger partial charge in [-0.2, -0.15) is 0 Å². The van der Waals surface area contributed by atoms with Crippen molar-refractivity contribution in [3.8, 4) is 0 Å². The lowest BCUT2D eigenvalue weighted by Gasteiger charge is -2.37. The second-order valence-electron chi connectivity index (χ2n) is 6.57. The van der Waals surface area contributed by atoms with Gasteiger partial charge in [-0.15, -0.1) is 0 Å². The summed E-state index contributed by atoms with van der Waals surface area (Å²) < 4.78 is 11.5. The maximum absolute atomic E-state index is 12.6. The summed E-state index contributed by atoms with van der Waals surface area (Å²) in [6, 6.07) is 9.51. The topological polar surface area (TPSA) is 67.8 Å². The first-order valence-electron chi connectivity index (χ1n) is 8.85. The third-order valence-electron chi connectivity index (χ3n) is 4.95. The number of carbonyl (C=O) groups is 1. The predicted molar refractivity (Wildman–Crippen MR) is 97.3 cm³/mol. The number of rotatable bonds is 3. The molecule has 2 aliphatic heterocycles. The molecule has 1 aromatic heterocycles. The highest BCUT2D eigenvalue weighted by Crippen LogP contribution is 2.32. The Bertz CT molecular complexity index is 750. The summed E-state index contributed by atoms with van der Waals surface area (Å²) in [7, 11) is 1.75. The van der Waals surface area contributed by atoms with Crippen molar-refractivity contribution in [2.45, 2.75) is 18.6 Å². The lowest BCUT2D eigenvalue weighted by atomic mass is 10.0. The molecule has 0 unspecified atom stereocenters. The molecule has 2 saturated heterocycles. The average Bonchev–Trinajstić information content (AvgIpc) is 3.16. The Morgan fingerprint density at radius 2 is 1.69 bits per heavy atom. The Morgan fingerprint density at radius 1 is 1.08 bits per heavy atom. The molecular weight excluding hydrogens is 332 g/mol. The number of piperidine rings is 1. The van der Waals surface area contributed by atoms with Gasteiger partial charge in [0, 0.05) is 51.1 Å². The zero-order valence-corrected chi connectivity index (χ0v) is 14.8. The highest BCUT2D eigenvalue weighted by atomic mass is 16.7. The molecule has 1 amide bonds. The number of hydrogen-bond acceptors (Lipinski definition) is 6. The van der Waals surface area contributed by atoms with Crippen molar-refractivity contribution in [1.29, 1.82) is 0 Å². The van der Waals surface area contributed by atoms with E-state index in [2.05, 4.69) is 14.9 Å². The van der Waals surface area contributed by atoms with E-state index in [1.807, 2.05) is 30.3 Å². The van der Waals surface area contributed by atoms with Crippen molar-refractivity contribution in [2.24, 2.45) is 0 Å². The molecule has 2 aliphatic rings. The molecule has 136 valence electrons. The largest absolute Gasteiger partial charge is 0.347 e. The lowest BCUT2D eigenvalue weighted by Crippen LogP contribution is -2.45. The number of amides is 1. The highest BCUT2D eigenvalue weighted by Gasteiger charge is 2.40. The van der Waals surface area contributed by atoms with Gasteiger partial charge in [0.1, 0.15) is 0 Å². The number of anilines is 2. The fraction of sp³-hybridized carbons (Fsp3) is 0.421. The van der Waals surface area contributed by atoms with Crippen molar-refractivity contribution in [2.75, 3.05) is 43.2 Å². The van der Waals surface area contributed by atoms with Crippen LogP contribution in [-0.2, 0) is 9.47 Å². The van der Waals surface area contributed by atoms with Gasteiger partial charge in [0.2, 0.25) is 5.95 Å². The normalized spacial score (nSPS) is 18.9. The minimum atomic E-state index is -0.412. The molecule has 0 atom stereocenters. The molecule has 4 rings (SSSR count). The summed E-state index contributed by atoms with van der Waals surface area (Å²) in [5.41, 5.74) is 1.30. The van der Waals surface area contributed by atoms with Crippen LogP contribution in [0.25, 0.3) is 0 Å². The van der Waals surface area contributed by atoms with E-state index in [1.54, 1.807) is 24.3 Å². The second kappa shape index (κ2) is 7.01. The maximum Gasteiger partial charge on any atom is 0.261 e. The third-order valence-corrected chi connectivity index (χ3v) is 4.95. The van der Waals surface area contributed by atoms with Gasteiger partial charge in [-0.25, -0.2) is 9.97 Å². The number of aromatic nitrogens is 2. The molecular formula is C19H22N4O3. The van der Waals surface area contributed by atoms with E-state index in [-0.39, 0.29) is 5.91 Å². The highest BCUT2D eigenvalue weighted by molar-refractivity contribution is 6.05. The van der Waals surface area contributed by atoms with Gasteiger partial charge >= 0.3 is 0 Å². The molecule has 0 saturated carbocycles. The van der Waals surface area contributed by atoms with E-state index in [0.717, 1.165) is 31.6 Å². The molecule has 7 heteroatoms. The zero-order valence-electron chi connectivity index (χ0n) is 14.8. The SMILES string of the molecule is CN(C(=O)c1cnc(N2CCC3(CC2)OCCO3)nc1)c1ccccc1. The molecule has 1 aromatic carbocycles. The van der Waals surface area contributed by atoms with Crippen molar-refractivity contribution >= 4 is 17.5 Å². The molecule has 3 heterocycles. The number of carbonyl (C=O) groups excluding carboxylic acids is 1. The van der Waals surface area contributed by atoms with Gasteiger partial charge in [0.05, 0.1) is 18.8 Å². The summed E-state index contributed by atoms with van der Waals surface area (Å²) in [6.07, 6.45) is 4.79. The Hall–Kier alpha value is -2.51. The van der Waals surface area contributed by atoms with E-state index < -0.39 is 5.79 Å². The Kier molecular flexibility index (Phi) is 4.57. The quantitative estimate of drug-likeness (QED) is 0.841. The van der Waals surface area contributed by atoms with Gasteiger partial charge in [-0.05, 0) is 12.1 Å². The minimum absolute atomic E-state index is 0.131. The van der Waals surface area contributed by atoms with Crippen molar-refractivity contribution < 1.29 is 14.3 Å². The molecule has 2 fully saturated rings. The standard InChI is InChI=1S/C19H22N4O3/c1-22(16-5-3-2-4-6-16)17(24)15-13-20-18(21-14-15)23-9-7-19(8-10-23)25-11-12-26-19/h2-6,13-14H,7-12H2,1H3. The van der Waals surface area contributed by atoms with Crippen LogP contribution in [0.1, 0.15) is 23.2 Å². The van der Waals surface area contributed by atoms with E-state index in [0.29, 0.717) is 24.7 Å². The van der Waals surface area contributed by atoms with Crippen LogP contribution in [0.4, 0.5) is 11.6 Å². The van der Waals surface area contributed by atoms with E-state index >= 15 is 0 Å². The average molecular weight is 354 g/mol. The second-order valence-corrected chi connectivity index (χ2v) is 6.57. The Balaban J connectivity index is 1.41. The summed E-state index contributed by atoms with van der Waals surface area (Å²) in [5, 5.41) is 0. The minimum Gasteiger partial charge on any atom is -0.347 e. The molecule has 26 heavy (non-hydrogen) atoms. The summed E-state index contributed by atoms with van der Waals surface area (Å²) in [6.45, 7) is 2.89. The van der Waals surface area contributed by atoms with Crippen molar-refractivity contribution in [3.05, 3.63) is 48.3 Å². The maximum atomic E-state index is 12.6. The van der Waals surface area contributed by atoms with Crippen LogP contribution in [0.15, 0.2) is 42.7 Å². The van der Waals surface area contributed by atoms with Crippen molar-refractivity contribution in [1.82, 2.24) is 9.97 Å². The molecule has 1 spiro atoms. The van der Waals surface area contributed by atoms with Crippen LogP contribution >= 0.6 is 0 Å². The molecule has 7 nitrogen and oxygen atoms in total. The summed E-state index contributed by atoms with van der Waals surface area (Å²) >= 11 is 0. The number of nitrogens with zero attached hydrogens (tertiary/aromatic N) is 4. The van der Waals surface area contributed by atoms with Crippen LogP contribution in [0.5, 0.6) is 0 Å². The Labute approximate surface area is 152 Å². The predicted octanol–water partition coefficient (Wildman–Crippen LogP) is 2.10. The lowest BCUT2D eigenvalue weighted by molar-refractivity contribution is -0.169. The molecule has 0 radical (unpaired) electrons. The fourth-order valence-electron chi connectivity index (χ4n) is 3.39. The third kappa shape index (κ3) is 3.27. The summed E-state index contributed by atoms with van der Waals surface area (Å²) in [4.78, 5) is 25.1. The Morgan fingerprint density at radius 3 is 2.31 bits per heavy atom. The van der Waals surface area contributed by atoms with Crippen LogP contribution in [-0.4, -0.2) is 55.0 Å². The number of hydrogen-bond donors (Lipinski definition) is 0. The summed E-state index contributed by atoms with van der Waals surface area (Å²) in [5.74, 6) is 0.0926. The first-order chi connectivity index (χ1) is 12.7. The fourth-order valence-corrected chi connectivity index (χ4v) is 3.39. The van der Waals surface area contributed by atoms with E-state index in [4.69, 9.17) is 9.47 Å². The van der Waals surface area contributed by atoms with Crippen molar-refractivity contribution in [3.63, 3.8) is 0 Å². The van der Waals surface area contributed by atoms with E-state index in [9.17, 15) is 4.79 Å². The molecule has 0 N–H and O–H groups in total. The number of benzene rings is 1. The van der Waals surface area contributed by atoms with Gasteiger partial charge < -0.3 is 19.3 Å². The van der Waals surface area contributed by atoms with Gasteiger partial charge in [0.15, 0.2) is 5.79 Å². The first kappa shape index (κ1) is 16.9. The molecule has 2 aromatic rings. The van der Waals surface area contributed by atoms with Crippen LogP contribution in [0.2, 0.25) is 0 Å². The molecule has 0 aliphatic carbocycles. The smallest absolute Gasteiger partial charge is 0.261 e. The monoisotopic (exact) mass is 354 g/mol. The van der Waals surface area contributed by atoms with Gasteiger partial charge in [0.25, 0.3) is 5.91 Å². The van der Waals surface area contributed by atoms with Gasteiger partial charge in [-0.1, -0.05) is 18.2 Å². The van der Waals surface area contributed by atoms with Crippen LogP contribution in [0.3, 0.4) is 0 Å². The van der Waals surface area contributed by atoms with Crippen LogP contribution < -0.4 is 9.80 Å². The van der Waals surface area contributed by atoms with Crippen LogP contribution in [0, 0.1) is 0 Å². The number of ether oxygens (including phenoxy) is 2. The number of para-hydroxylation sites is 1.